The van der Waals surface area contributed by atoms with Crippen molar-refractivity contribution < 1.29 is 14.4 Å². The fourth-order valence-corrected chi connectivity index (χ4v) is 6.35. The maximum Gasteiger partial charge on any atom is 0.245 e. The summed E-state index contributed by atoms with van der Waals surface area (Å²) >= 11 is 0. The number of hydrogen-bond acceptors (Lipinski definition) is 6. The van der Waals surface area contributed by atoms with Crippen LogP contribution in [0.4, 0.5) is 0 Å². The third kappa shape index (κ3) is 4.96. The van der Waals surface area contributed by atoms with Gasteiger partial charge >= 0.3 is 0 Å². The summed E-state index contributed by atoms with van der Waals surface area (Å²) in [6, 6.07) is 13.7. The number of amides is 1. The van der Waals surface area contributed by atoms with Crippen molar-refractivity contribution in [2.45, 2.75) is 78.4 Å². The smallest absolute Gasteiger partial charge is 0.245 e. The van der Waals surface area contributed by atoms with Crippen molar-refractivity contribution in [2.24, 2.45) is 5.41 Å². The number of aryl methyl sites for hydroxylation is 2. The molecule has 210 valence electrons. The van der Waals surface area contributed by atoms with Gasteiger partial charge in [-0.2, -0.15) is 5.10 Å². The van der Waals surface area contributed by atoms with Gasteiger partial charge in [-0.1, -0.05) is 49.7 Å². The van der Waals surface area contributed by atoms with E-state index in [0.29, 0.717) is 35.3 Å². The van der Waals surface area contributed by atoms with Crippen molar-refractivity contribution >= 4 is 28.4 Å². The van der Waals surface area contributed by atoms with Crippen LogP contribution in [0.5, 0.6) is 0 Å². The number of hydrogen-bond donors (Lipinski definition) is 0. The van der Waals surface area contributed by atoms with Crippen LogP contribution in [-0.2, 0) is 16.1 Å². The minimum absolute atomic E-state index is 0.00910. The van der Waals surface area contributed by atoms with E-state index in [9.17, 15) is 14.4 Å². The van der Waals surface area contributed by atoms with Crippen LogP contribution >= 0.6 is 0 Å². The summed E-state index contributed by atoms with van der Waals surface area (Å²) in [5, 5.41) is 5.25. The lowest BCUT2D eigenvalue weighted by atomic mass is 9.90. The summed E-state index contributed by atoms with van der Waals surface area (Å²) in [5.41, 5.74) is 5.04. The summed E-state index contributed by atoms with van der Waals surface area (Å²) in [4.78, 5) is 50.4. The van der Waals surface area contributed by atoms with E-state index in [0.717, 1.165) is 23.1 Å². The van der Waals surface area contributed by atoms with Crippen LogP contribution in [0.3, 0.4) is 0 Å². The average molecular weight is 550 g/mol. The Labute approximate surface area is 239 Å². The molecule has 1 aliphatic heterocycles. The minimum atomic E-state index is -0.429. The van der Waals surface area contributed by atoms with Gasteiger partial charge in [-0.3, -0.25) is 19.1 Å². The Hall–Kier alpha value is -4.20. The first kappa shape index (κ1) is 27.0. The molecule has 0 unspecified atom stereocenters. The monoisotopic (exact) mass is 549 g/mol. The lowest BCUT2D eigenvalue weighted by Crippen LogP contribution is -2.45. The number of aromatic nitrogens is 4. The van der Waals surface area contributed by atoms with Gasteiger partial charge in [0.1, 0.15) is 18.1 Å². The molecule has 3 heterocycles. The molecule has 1 amide bonds. The first-order chi connectivity index (χ1) is 19.5. The first-order valence-corrected chi connectivity index (χ1v) is 14.2. The normalized spacial score (nSPS) is 22.0. The van der Waals surface area contributed by atoms with Gasteiger partial charge in [0.15, 0.2) is 11.6 Å². The van der Waals surface area contributed by atoms with Crippen molar-refractivity contribution in [2.75, 3.05) is 0 Å². The van der Waals surface area contributed by atoms with E-state index in [1.165, 1.54) is 12.5 Å². The number of nitrogens with zero attached hydrogens (tertiary/aromatic N) is 5. The molecule has 4 aromatic rings. The molecule has 2 aromatic carbocycles. The zero-order chi connectivity index (χ0) is 29.1. The third-order valence-corrected chi connectivity index (χ3v) is 8.93. The largest absolute Gasteiger partial charge is 0.327 e. The third-order valence-electron chi connectivity index (χ3n) is 8.93. The molecule has 1 aliphatic carbocycles. The summed E-state index contributed by atoms with van der Waals surface area (Å²) in [6.07, 6.45) is 5.51. The average Bonchev–Trinajstić information content (AvgIpc) is 3.30. The quantitative estimate of drug-likeness (QED) is 0.271. The first-order valence-electron chi connectivity index (χ1n) is 14.2. The fourth-order valence-electron chi connectivity index (χ4n) is 6.35. The van der Waals surface area contributed by atoms with E-state index in [2.05, 4.69) is 60.1 Å². The van der Waals surface area contributed by atoms with Gasteiger partial charge < -0.3 is 4.90 Å². The van der Waals surface area contributed by atoms with Gasteiger partial charge in [0, 0.05) is 42.7 Å². The predicted molar refractivity (Wildman–Crippen MR) is 156 cm³/mol. The summed E-state index contributed by atoms with van der Waals surface area (Å²) in [7, 11) is 0. The van der Waals surface area contributed by atoms with E-state index in [1.54, 1.807) is 17.1 Å². The molecular formula is C33H35N5O3. The molecule has 1 saturated heterocycles. The van der Waals surface area contributed by atoms with Crippen LogP contribution in [0.25, 0.3) is 22.0 Å². The molecule has 4 atom stereocenters. The Bertz CT molecular complexity index is 1670. The van der Waals surface area contributed by atoms with Gasteiger partial charge in [0.2, 0.25) is 5.91 Å². The molecule has 0 radical (unpaired) electrons. The van der Waals surface area contributed by atoms with Gasteiger partial charge in [0.25, 0.3) is 0 Å². The second kappa shape index (κ2) is 10.0. The molecule has 1 saturated carbocycles. The van der Waals surface area contributed by atoms with Crippen LogP contribution in [-0.4, -0.2) is 54.2 Å². The fraction of sp³-hybridized carbons (Fsp3) is 0.394. The Morgan fingerprint density at radius 1 is 1.00 bits per heavy atom. The maximum absolute atomic E-state index is 13.9. The molecule has 2 fully saturated rings. The van der Waals surface area contributed by atoms with Crippen LogP contribution in [0, 0.1) is 19.3 Å². The lowest BCUT2D eigenvalue weighted by Gasteiger charge is -2.28. The highest BCUT2D eigenvalue weighted by Gasteiger charge is 2.64. The Kier molecular flexibility index (Phi) is 6.59. The van der Waals surface area contributed by atoms with Crippen LogP contribution in [0.1, 0.15) is 73.4 Å². The second-order valence-corrected chi connectivity index (χ2v) is 12.2. The number of Topliss-reactive ketones (excluding diaryl/α,β-unsaturated/α-hetero) is 2. The SMILES string of the molecule is CC(=O)c1nn(CC(=O)N2[C@H](C(=O)C[C@@H](C)c3ccc(C)cc3)C[C@@]3(C)C[C@@H]23)c2ccc(-c3cnc(C)nc3)cc12. The molecule has 8 heteroatoms. The number of fused-ring (bicyclic) bond motifs is 2. The van der Waals surface area contributed by atoms with Gasteiger partial charge in [0.05, 0.1) is 11.6 Å². The van der Waals surface area contributed by atoms with Crippen molar-refractivity contribution in [3.63, 3.8) is 0 Å². The molecule has 8 nitrogen and oxygen atoms in total. The standard InChI is InChI=1S/C33H35N5O3/c1-19-6-8-23(9-7-19)20(2)12-29(40)28-14-33(5)15-30(33)38(28)31(41)18-37-27-11-10-24(25-16-34-22(4)35-17-25)13-26(27)32(36-37)21(3)39/h6-11,13,16-17,20,28,30H,12,14-15,18H2,1-5H3/t20-,28+,30-,33+/m1/s1. The molecule has 0 N–H and O–H groups in total. The van der Waals surface area contributed by atoms with E-state index in [4.69, 9.17) is 0 Å². The number of likely N-dealkylation sites (tertiary alicyclic amines) is 1. The van der Waals surface area contributed by atoms with Gasteiger partial charge in [-0.25, -0.2) is 9.97 Å². The highest BCUT2D eigenvalue weighted by atomic mass is 16.2. The molecule has 2 aliphatic rings. The summed E-state index contributed by atoms with van der Waals surface area (Å²) < 4.78 is 1.61. The molecule has 41 heavy (non-hydrogen) atoms. The molecule has 2 aromatic heterocycles. The Balaban J connectivity index is 1.25. The van der Waals surface area contributed by atoms with Crippen molar-refractivity contribution in [1.82, 2.24) is 24.6 Å². The van der Waals surface area contributed by atoms with Crippen molar-refractivity contribution in [3.05, 3.63) is 77.5 Å². The highest BCUT2D eigenvalue weighted by Crippen LogP contribution is 2.59. The molecule has 0 spiro atoms. The number of carbonyl (C=O) groups is 3. The maximum atomic E-state index is 13.9. The van der Waals surface area contributed by atoms with Gasteiger partial charge in [-0.05, 0) is 61.3 Å². The van der Waals surface area contributed by atoms with Crippen LogP contribution in [0.2, 0.25) is 0 Å². The molecule has 6 rings (SSSR count). The lowest BCUT2D eigenvalue weighted by molar-refractivity contribution is -0.139. The number of carbonyl (C=O) groups excluding carboxylic acids is 3. The zero-order valence-electron chi connectivity index (χ0n) is 24.2. The van der Waals surface area contributed by atoms with Gasteiger partial charge in [-0.15, -0.1) is 0 Å². The summed E-state index contributed by atoms with van der Waals surface area (Å²) in [6.45, 7) is 9.57. The van der Waals surface area contributed by atoms with Crippen molar-refractivity contribution in [1.29, 1.82) is 0 Å². The number of rotatable bonds is 8. The Morgan fingerprint density at radius 3 is 2.39 bits per heavy atom. The Morgan fingerprint density at radius 2 is 1.71 bits per heavy atom. The topological polar surface area (TPSA) is 98.1 Å². The highest BCUT2D eigenvalue weighted by molar-refractivity contribution is 6.06. The molecule has 0 bridgehead atoms. The van der Waals surface area contributed by atoms with Crippen LogP contribution < -0.4 is 0 Å². The molecular weight excluding hydrogens is 514 g/mol. The second-order valence-electron chi connectivity index (χ2n) is 12.2. The van der Waals surface area contributed by atoms with E-state index in [1.807, 2.05) is 30.0 Å². The zero-order valence-corrected chi connectivity index (χ0v) is 24.2. The summed E-state index contributed by atoms with van der Waals surface area (Å²) in [5.74, 6) is 0.562. The van der Waals surface area contributed by atoms with E-state index in [-0.39, 0.29) is 41.4 Å². The van der Waals surface area contributed by atoms with Crippen LogP contribution in [0.15, 0.2) is 54.9 Å². The van der Waals surface area contributed by atoms with E-state index < -0.39 is 6.04 Å². The minimum Gasteiger partial charge on any atom is -0.327 e. The van der Waals surface area contributed by atoms with Crippen molar-refractivity contribution in [3.8, 4) is 11.1 Å². The predicted octanol–water partition coefficient (Wildman–Crippen LogP) is 5.46. The number of piperidine rings is 1. The number of benzene rings is 2. The number of ketones is 2. The van der Waals surface area contributed by atoms with E-state index >= 15 is 0 Å².